The Morgan fingerprint density at radius 3 is 2.56 bits per heavy atom. The van der Waals surface area contributed by atoms with E-state index in [1.165, 1.54) is 11.8 Å². The van der Waals surface area contributed by atoms with Gasteiger partial charge in [0.25, 0.3) is 0 Å². The Morgan fingerprint density at radius 1 is 1.56 bits per heavy atom. The molecular formula is C11H17N3O4. The number of nitrogens with zero attached hydrogens (tertiary/aromatic N) is 2. The zero-order valence-corrected chi connectivity index (χ0v) is 10.2. The third-order valence-corrected chi connectivity index (χ3v) is 2.74. The molecule has 100 valence electrons. The average Bonchev–Trinajstić information content (AvgIpc) is 3.09. The van der Waals surface area contributed by atoms with Crippen LogP contribution >= 0.6 is 0 Å². The second-order valence-corrected chi connectivity index (χ2v) is 4.34. The Labute approximate surface area is 105 Å². The molecule has 0 aromatic heterocycles. The van der Waals surface area contributed by atoms with Gasteiger partial charge in [-0.2, -0.15) is 5.26 Å². The standard InChI is InChI=1S/C11H17N3O4/c1-7(15)9(10(16)17)13-11(18)14(6-2-5-12)8-3-4-8/h7-9,15H,2-4,6H2,1H3,(H,13,18)(H,16,17). The van der Waals surface area contributed by atoms with Gasteiger partial charge in [0.15, 0.2) is 6.04 Å². The molecule has 7 nitrogen and oxygen atoms in total. The minimum absolute atomic E-state index is 0.0850. The fraction of sp³-hybridized carbons (Fsp3) is 0.727. The number of nitriles is 1. The molecule has 18 heavy (non-hydrogen) atoms. The van der Waals surface area contributed by atoms with Gasteiger partial charge in [0.05, 0.1) is 18.6 Å². The molecule has 1 rings (SSSR count). The summed E-state index contributed by atoms with van der Waals surface area (Å²) in [5, 5.41) is 28.9. The van der Waals surface area contributed by atoms with Crippen molar-refractivity contribution < 1.29 is 19.8 Å². The normalized spacial score (nSPS) is 17.4. The number of amides is 2. The van der Waals surface area contributed by atoms with Crippen molar-refractivity contribution in [1.29, 1.82) is 5.26 Å². The van der Waals surface area contributed by atoms with E-state index in [0.29, 0.717) is 0 Å². The Bertz CT molecular complexity index is 360. The van der Waals surface area contributed by atoms with Gasteiger partial charge in [-0.25, -0.2) is 9.59 Å². The SMILES string of the molecule is CC(O)C(NC(=O)N(CCC#N)C1CC1)C(=O)O. The van der Waals surface area contributed by atoms with Crippen LogP contribution in [0.5, 0.6) is 0 Å². The zero-order chi connectivity index (χ0) is 13.7. The molecular weight excluding hydrogens is 238 g/mol. The summed E-state index contributed by atoms with van der Waals surface area (Å²) in [5.74, 6) is -1.28. The molecule has 3 N–H and O–H groups in total. The maximum absolute atomic E-state index is 11.9. The van der Waals surface area contributed by atoms with E-state index in [-0.39, 0.29) is 19.0 Å². The molecule has 0 spiro atoms. The molecule has 0 radical (unpaired) electrons. The van der Waals surface area contributed by atoms with Gasteiger partial charge in [-0.15, -0.1) is 0 Å². The Hall–Kier alpha value is -1.81. The van der Waals surface area contributed by atoms with E-state index >= 15 is 0 Å². The average molecular weight is 255 g/mol. The van der Waals surface area contributed by atoms with Crippen molar-refractivity contribution in [3.05, 3.63) is 0 Å². The van der Waals surface area contributed by atoms with E-state index in [2.05, 4.69) is 5.32 Å². The third-order valence-electron chi connectivity index (χ3n) is 2.74. The first-order valence-corrected chi connectivity index (χ1v) is 5.82. The first-order chi connectivity index (χ1) is 8.47. The molecule has 0 heterocycles. The van der Waals surface area contributed by atoms with Gasteiger partial charge in [-0.1, -0.05) is 0 Å². The molecule has 1 aliphatic rings. The Kier molecular flexibility index (Phi) is 4.92. The predicted octanol–water partition coefficient (Wildman–Crippen LogP) is -0.0919. The highest BCUT2D eigenvalue weighted by atomic mass is 16.4. The lowest BCUT2D eigenvalue weighted by atomic mass is 10.2. The van der Waals surface area contributed by atoms with Crippen molar-refractivity contribution in [2.75, 3.05) is 6.54 Å². The van der Waals surface area contributed by atoms with Gasteiger partial charge >= 0.3 is 12.0 Å². The first-order valence-electron chi connectivity index (χ1n) is 5.82. The number of aliphatic hydroxyl groups is 1. The van der Waals surface area contributed by atoms with Crippen LogP contribution < -0.4 is 5.32 Å². The van der Waals surface area contributed by atoms with Crippen LogP contribution in [0, 0.1) is 11.3 Å². The molecule has 1 aliphatic carbocycles. The lowest BCUT2D eigenvalue weighted by Crippen LogP contribution is -2.53. The summed E-state index contributed by atoms with van der Waals surface area (Å²) in [5.41, 5.74) is 0. The number of carbonyl (C=O) groups excluding carboxylic acids is 1. The molecule has 2 unspecified atom stereocenters. The number of carbonyl (C=O) groups is 2. The highest BCUT2D eigenvalue weighted by Crippen LogP contribution is 2.26. The lowest BCUT2D eigenvalue weighted by Gasteiger charge is -2.25. The van der Waals surface area contributed by atoms with Crippen molar-refractivity contribution in [3.8, 4) is 6.07 Å². The molecule has 0 bridgehead atoms. The highest BCUT2D eigenvalue weighted by molar-refractivity contribution is 5.83. The largest absolute Gasteiger partial charge is 0.480 e. The van der Waals surface area contributed by atoms with Crippen molar-refractivity contribution >= 4 is 12.0 Å². The van der Waals surface area contributed by atoms with E-state index in [1.807, 2.05) is 6.07 Å². The van der Waals surface area contributed by atoms with E-state index in [9.17, 15) is 14.7 Å². The summed E-state index contributed by atoms with van der Waals surface area (Å²) in [6.07, 6.45) is 0.760. The lowest BCUT2D eigenvalue weighted by molar-refractivity contribution is -0.141. The molecule has 2 amide bonds. The molecule has 2 atom stereocenters. The first kappa shape index (κ1) is 14.3. The number of nitrogens with one attached hydrogen (secondary N) is 1. The topological polar surface area (TPSA) is 114 Å². The maximum Gasteiger partial charge on any atom is 0.328 e. The molecule has 0 aromatic rings. The summed E-state index contributed by atoms with van der Waals surface area (Å²) in [6, 6.07) is 0.159. The van der Waals surface area contributed by atoms with Crippen molar-refractivity contribution in [3.63, 3.8) is 0 Å². The highest BCUT2D eigenvalue weighted by Gasteiger charge is 2.34. The predicted molar refractivity (Wildman–Crippen MR) is 61.6 cm³/mol. The molecule has 1 fully saturated rings. The fourth-order valence-electron chi connectivity index (χ4n) is 1.61. The molecule has 1 saturated carbocycles. The van der Waals surface area contributed by atoms with Crippen LogP contribution in [0.15, 0.2) is 0 Å². The minimum Gasteiger partial charge on any atom is -0.480 e. The van der Waals surface area contributed by atoms with Gasteiger partial charge in [0.2, 0.25) is 0 Å². The zero-order valence-electron chi connectivity index (χ0n) is 10.2. The Balaban J connectivity index is 2.60. The van der Waals surface area contributed by atoms with Crippen molar-refractivity contribution in [2.24, 2.45) is 0 Å². The quantitative estimate of drug-likeness (QED) is 0.613. The second kappa shape index (κ2) is 6.21. The summed E-state index contributed by atoms with van der Waals surface area (Å²) in [6.45, 7) is 1.58. The minimum atomic E-state index is -1.33. The third kappa shape index (κ3) is 3.89. The van der Waals surface area contributed by atoms with Crippen LogP contribution in [0.4, 0.5) is 4.79 Å². The van der Waals surface area contributed by atoms with Crippen LogP contribution in [0.25, 0.3) is 0 Å². The Morgan fingerprint density at radius 2 is 2.17 bits per heavy atom. The van der Waals surface area contributed by atoms with E-state index in [0.717, 1.165) is 12.8 Å². The van der Waals surface area contributed by atoms with Crippen molar-refractivity contribution in [1.82, 2.24) is 10.2 Å². The number of urea groups is 1. The van der Waals surface area contributed by atoms with Crippen LogP contribution in [0.3, 0.4) is 0 Å². The summed E-state index contributed by atoms with van der Waals surface area (Å²) in [7, 11) is 0. The van der Waals surface area contributed by atoms with E-state index < -0.39 is 24.1 Å². The van der Waals surface area contributed by atoms with Crippen LogP contribution in [0.1, 0.15) is 26.2 Å². The van der Waals surface area contributed by atoms with Crippen LogP contribution in [-0.4, -0.2) is 51.8 Å². The number of aliphatic hydroxyl groups excluding tert-OH is 1. The van der Waals surface area contributed by atoms with Crippen molar-refractivity contribution in [2.45, 2.75) is 44.4 Å². The van der Waals surface area contributed by atoms with Crippen LogP contribution in [-0.2, 0) is 4.79 Å². The number of aliphatic carboxylic acids is 1. The summed E-state index contributed by atoms with van der Waals surface area (Å²) >= 11 is 0. The van der Waals surface area contributed by atoms with Gasteiger partial charge in [-0.3, -0.25) is 0 Å². The number of rotatable bonds is 6. The summed E-state index contributed by atoms with van der Waals surface area (Å²) in [4.78, 5) is 24.2. The van der Waals surface area contributed by atoms with Gasteiger partial charge in [0, 0.05) is 12.6 Å². The number of carboxylic acid groups (broad SMARTS) is 1. The molecule has 0 aliphatic heterocycles. The van der Waals surface area contributed by atoms with Gasteiger partial charge in [-0.05, 0) is 19.8 Å². The van der Waals surface area contributed by atoms with Gasteiger partial charge < -0.3 is 20.4 Å². The number of hydrogen-bond donors (Lipinski definition) is 3. The molecule has 0 aromatic carbocycles. The molecule has 0 saturated heterocycles. The second-order valence-electron chi connectivity index (χ2n) is 4.34. The molecule has 7 heteroatoms. The fourth-order valence-corrected chi connectivity index (χ4v) is 1.61. The van der Waals surface area contributed by atoms with E-state index in [1.54, 1.807) is 0 Å². The van der Waals surface area contributed by atoms with E-state index in [4.69, 9.17) is 10.4 Å². The van der Waals surface area contributed by atoms with Gasteiger partial charge in [0.1, 0.15) is 0 Å². The smallest absolute Gasteiger partial charge is 0.328 e. The summed E-state index contributed by atoms with van der Waals surface area (Å²) < 4.78 is 0. The number of hydrogen-bond acceptors (Lipinski definition) is 4. The monoisotopic (exact) mass is 255 g/mol. The van der Waals surface area contributed by atoms with Crippen LogP contribution in [0.2, 0.25) is 0 Å². The maximum atomic E-state index is 11.9. The number of carboxylic acids is 1.